The molecule has 19 heavy (non-hydrogen) atoms. The molecule has 0 bridgehead atoms. The molecule has 1 aromatic carbocycles. The number of benzene rings is 1. The average Bonchev–Trinajstić information content (AvgIpc) is 2.39. The fourth-order valence-corrected chi connectivity index (χ4v) is 1.54. The second-order valence-corrected chi connectivity index (χ2v) is 3.98. The molecule has 7 heteroatoms. The number of nitrogens with zero attached hydrogens (tertiary/aromatic N) is 2. The lowest BCUT2D eigenvalue weighted by molar-refractivity contribution is 0.262. The largest absolute Gasteiger partial charge is 0.467 e. The van der Waals surface area contributed by atoms with Gasteiger partial charge in [0, 0.05) is 10.7 Å². The van der Waals surface area contributed by atoms with Crippen LogP contribution in [-0.4, -0.2) is 23.1 Å². The summed E-state index contributed by atoms with van der Waals surface area (Å²) in [7, 11) is 1.47. The maximum atomic E-state index is 11.7. The molecular formula is C12H11ClN4O2. The number of ether oxygens (including phenoxy) is 1. The minimum absolute atomic E-state index is 0.237. The molecule has 1 heterocycles. The van der Waals surface area contributed by atoms with Crippen LogP contribution in [0.15, 0.2) is 36.7 Å². The number of carbonyl (C=O) groups excluding carboxylic acids is 1. The van der Waals surface area contributed by atoms with Crippen molar-refractivity contribution in [1.29, 1.82) is 0 Å². The Hall–Kier alpha value is -2.34. The predicted octanol–water partition coefficient (Wildman–Crippen LogP) is 2.78. The van der Waals surface area contributed by atoms with E-state index in [9.17, 15) is 4.79 Å². The quantitative estimate of drug-likeness (QED) is 0.905. The number of carbonyl (C=O) groups is 1. The van der Waals surface area contributed by atoms with E-state index in [-0.39, 0.29) is 6.01 Å². The molecule has 0 radical (unpaired) electrons. The van der Waals surface area contributed by atoms with Crippen molar-refractivity contribution in [3.8, 4) is 6.01 Å². The zero-order valence-corrected chi connectivity index (χ0v) is 10.8. The van der Waals surface area contributed by atoms with Crippen molar-refractivity contribution in [2.45, 2.75) is 0 Å². The van der Waals surface area contributed by atoms with Gasteiger partial charge < -0.3 is 15.4 Å². The van der Waals surface area contributed by atoms with Crippen LogP contribution in [0.3, 0.4) is 0 Å². The molecule has 0 atom stereocenters. The number of amides is 2. The van der Waals surface area contributed by atoms with Crippen molar-refractivity contribution in [3.63, 3.8) is 0 Å². The zero-order chi connectivity index (χ0) is 13.7. The van der Waals surface area contributed by atoms with Gasteiger partial charge in [0.2, 0.25) is 0 Å². The van der Waals surface area contributed by atoms with Crippen molar-refractivity contribution in [2.75, 3.05) is 17.7 Å². The number of hydrogen-bond acceptors (Lipinski definition) is 4. The molecule has 0 unspecified atom stereocenters. The van der Waals surface area contributed by atoms with Gasteiger partial charge in [-0.25, -0.2) is 14.8 Å². The van der Waals surface area contributed by atoms with E-state index in [0.717, 1.165) is 0 Å². The van der Waals surface area contributed by atoms with E-state index in [1.807, 2.05) is 0 Å². The summed E-state index contributed by atoms with van der Waals surface area (Å²) in [6.45, 7) is 0. The van der Waals surface area contributed by atoms with Crippen LogP contribution >= 0.6 is 11.6 Å². The van der Waals surface area contributed by atoms with Gasteiger partial charge in [-0.3, -0.25) is 0 Å². The highest BCUT2D eigenvalue weighted by Crippen LogP contribution is 2.15. The first-order valence-electron chi connectivity index (χ1n) is 5.37. The highest BCUT2D eigenvalue weighted by molar-refractivity contribution is 6.30. The summed E-state index contributed by atoms with van der Waals surface area (Å²) in [4.78, 5) is 19.4. The van der Waals surface area contributed by atoms with Gasteiger partial charge in [0.25, 0.3) is 0 Å². The summed E-state index contributed by atoms with van der Waals surface area (Å²) in [5.74, 6) is 0. The lowest BCUT2D eigenvalue weighted by Crippen LogP contribution is -2.19. The van der Waals surface area contributed by atoms with E-state index < -0.39 is 6.03 Å². The molecule has 0 spiro atoms. The fourth-order valence-electron chi connectivity index (χ4n) is 1.35. The van der Waals surface area contributed by atoms with Gasteiger partial charge in [0.15, 0.2) is 0 Å². The zero-order valence-electron chi connectivity index (χ0n) is 10.1. The van der Waals surface area contributed by atoms with Gasteiger partial charge >= 0.3 is 12.0 Å². The topological polar surface area (TPSA) is 76.1 Å². The van der Waals surface area contributed by atoms with Crippen LogP contribution in [0.2, 0.25) is 5.02 Å². The number of hydrogen-bond donors (Lipinski definition) is 2. The summed E-state index contributed by atoms with van der Waals surface area (Å²) in [6.07, 6.45) is 2.90. The Labute approximate surface area is 114 Å². The van der Waals surface area contributed by atoms with Crippen molar-refractivity contribution < 1.29 is 9.53 Å². The molecule has 0 saturated carbocycles. The van der Waals surface area contributed by atoms with E-state index in [1.165, 1.54) is 19.5 Å². The minimum Gasteiger partial charge on any atom is -0.467 e. The standard InChI is InChI=1S/C12H11ClN4O2/c1-19-12-14-6-10(7-15-12)17-11(18)16-9-4-2-3-8(13)5-9/h2-7H,1H3,(H2,16,17,18). The lowest BCUT2D eigenvalue weighted by Gasteiger charge is -2.07. The maximum absolute atomic E-state index is 11.7. The van der Waals surface area contributed by atoms with Crippen LogP contribution in [0.5, 0.6) is 6.01 Å². The summed E-state index contributed by atoms with van der Waals surface area (Å²) in [5.41, 5.74) is 1.06. The van der Waals surface area contributed by atoms with E-state index in [2.05, 4.69) is 20.6 Å². The average molecular weight is 279 g/mol. The first-order chi connectivity index (χ1) is 9.17. The monoisotopic (exact) mass is 278 g/mol. The number of rotatable bonds is 3. The highest BCUT2D eigenvalue weighted by atomic mass is 35.5. The summed E-state index contributed by atoms with van der Waals surface area (Å²) in [5, 5.41) is 5.77. The summed E-state index contributed by atoms with van der Waals surface area (Å²) >= 11 is 5.82. The molecule has 98 valence electrons. The SMILES string of the molecule is COc1ncc(NC(=O)Nc2cccc(Cl)c2)cn1. The third-order valence-electron chi connectivity index (χ3n) is 2.15. The van der Waals surface area contributed by atoms with E-state index in [0.29, 0.717) is 16.4 Å². The Balaban J connectivity index is 1.97. The Morgan fingerprint density at radius 1 is 1.21 bits per heavy atom. The summed E-state index contributed by atoms with van der Waals surface area (Å²) in [6, 6.07) is 6.68. The number of anilines is 2. The number of methoxy groups -OCH3 is 1. The van der Waals surface area contributed by atoms with Gasteiger partial charge in [-0.1, -0.05) is 17.7 Å². The Morgan fingerprint density at radius 3 is 2.53 bits per heavy atom. The minimum atomic E-state index is -0.406. The third-order valence-corrected chi connectivity index (χ3v) is 2.39. The van der Waals surface area contributed by atoms with Crippen molar-refractivity contribution in [3.05, 3.63) is 41.7 Å². The molecule has 0 fully saturated rings. The molecule has 2 aromatic rings. The molecule has 0 aliphatic carbocycles. The van der Waals surface area contributed by atoms with E-state index in [1.54, 1.807) is 24.3 Å². The van der Waals surface area contributed by atoms with Crippen LogP contribution in [0, 0.1) is 0 Å². The lowest BCUT2D eigenvalue weighted by atomic mass is 10.3. The van der Waals surface area contributed by atoms with Crippen LogP contribution in [0.1, 0.15) is 0 Å². The van der Waals surface area contributed by atoms with E-state index >= 15 is 0 Å². The number of halogens is 1. The normalized spacial score (nSPS) is 9.79. The Kier molecular flexibility index (Phi) is 4.15. The molecule has 2 amide bonds. The van der Waals surface area contributed by atoms with Crippen LogP contribution in [0.4, 0.5) is 16.2 Å². The Bertz CT molecular complexity index is 574. The third kappa shape index (κ3) is 3.82. The van der Waals surface area contributed by atoms with Gasteiger partial charge in [0.1, 0.15) is 0 Å². The van der Waals surface area contributed by atoms with Crippen LogP contribution < -0.4 is 15.4 Å². The number of urea groups is 1. The van der Waals surface area contributed by atoms with Gasteiger partial charge in [-0.15, -0.1) is 0 Å². The molecule has 0 aliphatic rings. The molecule has 2 rings (SSSR count). The Morgan fingerprint density at radius 2 is 1.89 bits per heavy atom. The van der Waals surface area contributed by atoms with Crippen molar-refractivity contribution in [1.82, 2.24) is 9.97 Å². The molecule has 6 nitrogen and oxygen atoms in total. The second kappa shape index (κ2) is 6.01. The molecule has 2 N–H and O–H groups in total. The van der Waals surface area contributed by atoms with Crippen molar-refractivity contribution in [2.24, 2.45) is 0 Å². The van der Waals surface area contributed by atoms with Gasteiger partial charge in [0.05, 0.1) is 25.2 Å². The van der Waals surface area contributed by atoms with Crippen molar-refractivity contribution >= 4 is 29.0 Å². The summed E-state index contributed by atoms with van der Waals surface area (Å²) < 4.78 is 4.82. The smallest absolute Gasteiger partial charge is 0.323 e. The van der Waals surface area contributed by atoms with Crippen LogP contribution in [0.25, 0.3) is 0 Å². The highest BCUT2D eigenvalue weighted by Gasteiger charge is 2.04. The fraction of sp³-hybridized carbons (Fsp3) is 0.0833. The van der Waals surface area contributed by atoms with Gasteiger partial charge in [-0.05, 0) is 18.2 Å². The van der Waals surface area contributed by atoms with Crippen LogP contribution in [-0.2, 0) is 0 Å². The molecule has 1 aromatic heterocycles. The predicted molar refractivity (Wildman–Crippen MR) is 72.7 cm³/mol. The molecule has 0 saturated heterocycles. The second-order valence-electron chi connectivity index (χ2n) is 3.55. The molecule has 0 aliphatic heterocycles. The number of nitrogens with one attached hydrogen (secondary N) is 2. The first kappa shape index (κ1) is 13.1. The number of aromatic nitrogens is 2. The van der Waals surface area contributed by atoms with Gasteiger partial charge in [-0.2, -0.15) is 0 Å². The first-order valence-corrected chi connectivity index (χ1v) is 5.75. The molecular weight excluding hydrogens is 268 g/mol. The maximum Gasteiger partial charge on any atom is 0.323 e. The van der Waals surface area contributed by atoms with E-state index in [4.69, 9.17) is 16.3 Å².